The SMILES string of the molecule is CCCC1(c2nc(C(CC)OCC)no2)CCCN1. The third kappa shape index (κ3) is 2.98. The van der Waals surface area contributed by atoms with Crippen LogP contribution in [0.2, 0.25) is 0 Å². The fraction of sp³-hybridized carbons (Fsp3) is 0.857. The maximum Gasteiger partial charge on any atom is 0.247 e. The van der Waals surface area contributed by atoms with Crippen molar-refractivity contribution in [3.05, 3.63) is 11.7 Å². The normalized spacial score (nSPS) is 24.8. The summed E-state index contributed by atoms with van der Waals surface area (Å²) in [6.07, 6.45) is 5.20. The fourth-order valence-electron chi connectivity index (χ4n) is 2.87. The van der Waals surface area contributed by atoms with Gasteiger partial charge in [-0.2, -0.15) is 4.98 Å². The van der Waals surface area contributed by atoms with E-state index in [1.165, 1.54) is 6.42 Å². The standard InChI is InChI=1S/C14H25N3O2/c1-4-8-14(9-7-10-15-14)13-16-12(17-19-13)11(5-2)18-6-3/h11,15H,4-10H2,1-3H3. The number of rotatable bonds is 7. The predicted molar refractivity (Wildman–Crippen MR) is 72.8 cm³/mol. The summed E-state index contributed by atoms with van der Waals surface area (Å²) in [6.45, 7) is 7.95. The molecule has 2 rings (SSSR count). The minimum atomic E-state index is -0.107. The first-order valence-electron chi connectivity index (χ1n) is 7.46. The Morgan fingerprint density at radius 2 is 2.26 bits per heavy atom. The summed E-state index contributed by atoms with van der Waals surface area (Å²) in [5.41, 5.74) is -0.107. The van der Waals surface area contributed by atoms with Crippen molar-refractivity contribution >= 4 is 0 Å². The van der Waals surface area contributed by atoms with Crippen molar-refractivity contribution in [2.75, 3.05) is 13.2 Å². The quantitative estimate of drug-likeness (QED) is 0.823. The van der Waals surface area contributed by atoms with E-state index in [0.29, 0.717) is 12.4 Å². The molecule has 1 fully saturated rings. The maximum absolute atomic E-state index is 5.64. The molecule has 5 nitrogen and oxygen atoms in total. The van der Waals surface area contributed by atoms with Gasteiger partial charge in [-0.15, -0.1) is 0 Å². The second kappa shape index (κ2) is 6.48. The molecular formula is C14H25N3O2. The van der Waals surface area contributed by atoms with Crippen LogP contribution in [0.3, 0.4) is 0 Å². The van der Waals surface area contributed by atoms with E-state index in [1.807, 2.05) is 6.92 Å². The van der Waals surface area contributed by atoms with E-state index in [1.54, 1.807) is 0 Å². The highest BCUT2D eigenvalue weighted by atomic mass is 16.5. The Hall–Kier alpha value is -0.940. The molecule has 108 valence electrons. The van der Waals surface area contributed by atoms with E-state index in [0.717, 1.165) is 38.1 Å². The molecule has 1 aromatic rings. The lowest BCUT2D eigenvalue weighted by molar-refractivity contribution is 0.0518. The summed E-state index contributed by atoms with van der Waals surface area (Å²) >= 11 is 0. The zero-order chi connectivity index (χ0) is 13.7. The van der Waals surface area contributed by atoms with Crippen molar-refractivity contribution in [1.29, 1.82) is 0 Å². The van der Waals surface area contributed by atoms with E-state index in [4.69, 9.17) is 9.26 Å². The lowest BCUT2D eigenvalue weighted by Gasteiger charge is -2.24. The highest BCUT2D eigenvalue weighted by Gasteiger charge is 2.40. The molecule has 1 aliphatic rings. The fourth-order valence-corrected chi connectivity index (χ4v) is 2.87. The highest BCUT2D eigenvalue weighted by molar-refractivity contribution is 5.07. The van der Waals surface area contributed by atoms with E-state index < -0.39 is 0 Å². The van der Waals surface area contributed by atoms with E-state index >= 15 is 0 Å². The van der Waals surface area contributed by atoms with Gasteiger partial charge >= 0.3 is 0 Å². The Bertz CT molecular complexity index is 386. The molecule has 2 heterocycles. The van der Waals surface area contributed by atoms with Crippen LogP contribution in [-0.2, 0) is 10.3 Å². The predicted octanol–water partition coefficient (Wildman–Crippen LogP) is 2.94. The van der Waals surface area contributed by atoms with Gasteiger partial charge in [0.1, 0.15) is 6.10 Å². The Balaban J connectivity index is 2.18. The van der Waals surface area contributed by atoms with Gasteiger partial charge in [0.05, 0.1) is 5.54 Å². The van der Waals surface area contributed by atoms with Gasteiger partial charge in [0.2, 0.25) is 11.7 Å². The van der Waals surface area contributed by atoms with Gasteiger partial charge in [-0.25, -0.2) is 0 Å². The summed E-state index contributed by atoms with van der Waals surface area (Å²) in [5, 5.41) is 7.68. The molecule has 0 bridgehead atoms. The Morgan fingerprint density at radius 1 is 1.42 bits per heavy atom. The Kier molecular flexibility index (Phi) is 4.93. The molecule has 5 heteroatoms. The third-order valence-electron chi connectivity index (χ3n) is 3.80. The van der Waals surface area contributed by atoms with Gasteiger partial charge in [-0.1, -0.05) is 25.4 Å². The number of aromatic nitrogens is 2. The minimum Gasteiger partial charge on any atom is -0.370 e. The molecule has 0 amide bonds. The van der Waals surface area contributed by atoms with Gasteiger partial charge in [-0.3, -0.25) is 0 Å². The van der Waals surface area contributed by atoms with Gasteiger partial charge in [-0.05, 0) is 39.2 Å². The second-order valence-electron chi connectivity index (χ2n) is 5.17. The largest absolute Gasteiger partial charge is 0.370 e. The molecule has 2 atom stereocenters. The van der Waals surface area contributed by atoms with Crippen molar-refractivity contribution in [3.8, 4) is 0 Å². The molecule has 0 saturated carbocycles. The molecule has 19 heavy (non-hydrogen) atoms. The summed E-state index contributed by atoms with van der Waals surface area (Å²) in [5.74, 6) is 1.42. The van der Waals surface area contributed by atoms with Crippen molar-refractivity contribution < 1.29 is 9.26 Å². The zero-order valence-corrected chi connectivity index (χ0v) is 12.2. The van der Waals surface area contributed by atoms with E-state index in [-0.39, 0.29) is 11.6 Å². The second-order valence-corrected chi connectivity index (χ2v) is 5.17. The Labute approximate surface area is 115 Å². The summed E-state index contributed by atoms with van der Waals surface area (Å²) in [6, 6.07) is 0. The van der Waals surface area contributed by atoms with Gasteiger partial charge in [0, 0.05) is 6.61 Å². The first-order valence-corrected chi connectivity index (χ1v) is 7.46. The topological polar surface area (TPSA) is 60.2 Å². The first kappa shape index (κ1) is 14.5. The number of nitrogens with one attached hydrogen (secondary N) is 1. The summed E-state index contributed by atoms with van der Waals surface area (Å²) in [7, 11) is 0. The van der Waals surface area contributed by atoms with Crippen molar-refractivity contribution in [2.45, 2.75) is 64.5 Å². The maximum atomic E-state index is 5.64. The van der Waals surface area contributed by atoms with Gasteiger partial charge in [0.25, 0.3) is 0 Å². The van der Waals surface area contributed by atoms with Gasteiger partial charge in [0.15, 0.2) is 0 Å². The highest BCUT2D eigenvalue weighted by Crippen LogP contribution is 2.35. The molecule has 0 aromatic carbocycles. The molecule has 1 N–H and O–H groups in total. The molecule has 2 unspecified atom stereocenters. The van der Waals surface area contributed by atoms with Crippen LogP contribution in [0.5, 0.6) is 0 Å². The summed E-state index contributed by atoms with van der Waals surface area (Å²) in [4.78, 5) is 4.61. The molecular weight excluding hydrogens is 242 g/mol. The smallest absolute Gasteiger partial charge is 0.247 e. The van der Waals surface area contributed by atoms with Gasteiger partial charge < -0.3 is 14.6 Å². The lowest BCUT2D eigenvalue weighted by Crippen LogP contribution is -2.37. The number of nitrogens with zero attached hydrogens (tertiary/aromatic N) is 2. The number of ether oxygens (including phenoxy) is 1. The average Bonchev–Trinajstić information content (AvgIpc) is 3.05. The molecule has 1 aromatic heterocycles. The van der Waals surface area contributed by atoms with Crippen molar-refractivity contribution in [2.24, 2.45) is 0 Å². The van der Waals surface area contributed by atoms with Crippen LogP contribution in [0, 0.1) is 0 Å². The average molecular weight is 267 g/mol. The zero-order valence-electron chi connectivity index (χ0n) is 12.2. The third-order valence-corrected chi connectivity index (χ3v) is 3.80. The van der Waals surface area contributed by atoms with Crippen LogP contribution >= 0.6 is 0 Å². The first-order chi connectivity index (χ1) is 9.25. The lowest BCUT2D eigenvalue weighted by atomic mass is 9.92. The molecule has 0 spiro atoms. The van der Waals surface area contributed by atoms with Crippen molar-refractivity contribution in [3.63, 3.8) is 0 Å². The van der Waals surface area contributed by atoms with E-state index in [2.05, 4.69) is 29.3 Å². The molecule has 0 aliphatic carbocycles. The minimum absolute atomic E-state index is 0.0532. The van der Waals surface area contributed by atoms with Crippen molar-refractivity contribution in [1.82, 2.24) is 15.5 Å². The molecule has 1 saturated heterocycles. The van der Waals surface area contributed by atoms with E-state index in [9.17, 15) is 0 Å². The Morgan fingerprint density at radius 3 is 2.84 bits per heavy atom. The van der Waals surface area contributed by atoms with Crippen LogP contribution < -0.4 is 5.32 Å². The van der Waals surface area contributed by atoms with Crippen LogP contribution in [0.25, 0.3) is 0 Å². The molecule has 1 aliphatic heterocycles. The van der Waals surface area contributed by atoms with Crippen LogP contribution in [0.15, 0.2) is 4.52 Å². The monoisotopic (exact) mass is 267 g/mol. The van der Waals surface area contributed by atoms with Crippen LogP contribution in [0.4, 0.5) is 0 Å². The van der Waals surface area contributed by atoms with Crippen LogP contribution in [-0.4, -0.2) is 23.3 Å². The number of hydrogen-bond donors (Lipinski definition) is 1. The molecule has 0 radical (unpaired) electrons. The number of hydrogen-bond acceptors (Lipinski definition) is 5. The van der Waals surface area contributed by atoms with Crippen LogP contribution in [0.1, 0.15) is 70.7 Å². The summed E-state index contributed by atoms with van der Waals surface area (Å²) < 4.78 is 11.2.